The number of aliphatic carboxylic acids is 8. The highest BCUT2D eigenvalue weighted by atomic mass is 16.4. The van der Waals surface area contributed by atoms with Crippen LogP contribution in [0.15, 0.2) is 102 Å². The van der Waals surface area contributed by atoms with Crippen LogP contribution in [-0.4, -0.2) is 343 Å². The van der Waals surface area contributed by atoms with Gasteiger partial charge in [-0.05, 0) is 60.2 Å². The number of unbranched alkanes of at least 4 members (excludes halogenated alkanes) is 3. The summed E-state index contributed by atoms with van der Waals surface area (Å²) in [6, 6.07) is 27.6. The minimum atomic E-state index is -1.20. The number of aromatic nitrogens is 3. The molecule has 1 aromatic heterocycles. The molecule has 5 heterocycles. The number of nitrogens with one attached hydrogen (secondary N) is 3. The average molecular weight is 1700 g/mol. The third-order valence-corrected chi connectivity index (χ3v) is 20.4. The lowest BCUT2D eigenvalue weighted by molar-refractivity contribution is -0.145. The van der Waals surface area contributed by atoms with E-state index in [2.05, 4.69) is 68.7 Å². The van der Waals surface area contributed by atoms with Gasteiger partial charge < -0.3 is 61.3 Å². The van der Waals surface area contributed by atoms with Crippen LogP contribution < -0.4 is 20.4 Å². The Morgan fingerprint density at radius 1 is 0.426 bits per heavy atom. The lowest BCUT2D eigenvalue weighted by atomic mass is 9.96. The fourth-order valence-electron chi connectivity index (χ4n) is 14.1. The van der Waals surface area contributed by atoms with Crippen molar-refractivity contribution in [2.45, 2.75) is 124 Å². The van der Waals surface area contributed by atoms with E-state index in [1.807, 2.05) is 97.1 Å². The molecule has 664 valence electrons. The van der Waals surface area contributed by atoms with E-state index < -0.39 is 71.7 Å². The number of H-pyrrole nitrogens is 1. The second-order valence-corrected chi connectivity index (χ2v) is 29.3. The lowest BCUT2D eigenvalue weighted by Crippen LogP contribution is -2.52. The molecule has 9 rings (SSSR count). The SMILES string of the molecule is C.CCCCC.CCCCN=[N+]=[N-].O=C(O)CN1CCN(CC(=O)O)CCN(C(CCC(=O)NCCC(=O)N2Cc3ccccc3-c3n[nH]nc3-c3ccccc32)C(=O)O)CCN(CC(=O)O)CC1.O=C(O)CN1CCN(CC(=O)O)CCN(C(CCC(=O)NCCC(=O)N2Cc3ccccc3C#Cc3ccccc32)C(=O)O)CCN(CC(=O)O)CC1. The summed E-state index contributed by atoms with van der Waals surface area (Å²) < 4.78 is 0. The number of fused-ring (bicyclic) bond motifs is 7. The van der Waals surface area contributed by atoms with Crippen molar-refractivity contribution in [1.82, 2.24) is 65.2 Å². The molecule has 5 aromatic rings. The maximum absolute atomic E-state index is 13.8. The Labute approximate surface area is 710 Å². The Morgan fingerprint density at radius 2 is 0.754 bits per heavy atom. The number of carboxylic acid groups (broad SMARTS) is 8. The Morgan fingerprint density at radius 3 is 1.14 bits per heavy atom. The highest BCUT2D eigenvalue weighted by Gasteiger charge is 2.33. The lowest BCUT2D eigenvalue weighted by Gasteiger charge is -2.35. The Kier molecular flexibility index (Phi) is 45.0. The second kappa shape index (κ2) is 54.5. The third-order valence-electron chi connectivity index (χ3n) is 20.4. The number of nitrogens with zero attached hydrogens (tertiary/aromatic N) is 15. The Balaban J connectivity index is 0.000000379. The van der Waals surface area contributed by atoms with E-state index in [0.717, 1.165) is 40.7 Å². The summed E-state index contributed by atoms with van der Waals surface area (Å²) in [5.74, 6) is -3.98. The average Bonchev–Trinajstić information content (AvgIpc) is 1.50. The van der Waals surface area contributed by atoms with E-state index in [1.54, 1.807) is 49.0 Å². The van der Waals surface area contributed by atoms with Gasteiger partial charge in [0.2, 0.25) is 23.6 Å². The smallest absolute Gasteiger partial charge is 0.320 e. The van der Waals surface area contributed by atoms with Gasteiger partial charge in [-0.2, -0.15) is 15.4 Å². The fraction of sp³-hybridized carbons (Fsp3) is 0.524. The zero-order valence-electron chi connectivity index (χ0n) is 68.9. The fourth-order valence-corrected chi connectivity index (χ4v) is 14.1. The first-order valence-electron chi connectivity index (χ1n) is 40.6. The number of hydrogen-bond acceptors (Lipinski definition) is 23. The van der Waals surface area contributed by atoms with Crippen LogP contribution in [0.1, 0.15) is 121 Å². The van der Waals surface area contributed by atoms with E-state index in [0.29, 0.717) is 41.4 Å². The summed E-state index contributed by atoms with van der Waals surface area (Å²) in [4.78, 5) is 167. The van der Waals surface area contributed by atoms with E-state index in [1.165, 1.54) is 19.3 Å². The summed E-state index contributed by atoms with van der Waals surface area (Å²) >= 11 is 0. The maximum Gasteiger partial charge on any atom is 0.320 e. The molecule has 4 aliphatic heterocycles. The van der Waals surface area contributed by atoms with Crippen molar-refractivity contribution in [3.05, 3.63) is 130 Å². The monoisotopic (exact) mass is 1700 g/mol. The number of rotatable bonds is 33. The number of azide groups is 1. The van der Waals surface area contributed by atoms with Crippen molar-refractivity contribution in [2.24, 2.45) is 5.11 Å². The zero-order valence-corrected chi connectivity index (χ0v) is 68.9. The Hall–Kier alpha value is -11.8. The summed E-state index contributed by atoms with van der Waals surface area (Å²) in [5, 5.41) is 97.5. The molecule has 2 saturated heterocycles. The number of amides is 4. The molecular formula is C84H118N18O20. The summed E-state index contributed by atoms with van der Waals surface area (Å²) in [6.45, 7) is 8.20. The molecule has 38 nitrogen and oxygen atoms in total. The van der Waals surface area contributed by atoms with Gasteiger partial charge in [0.15, 0.2) is 0 Å². The van der Waals surface area contributed by atoms with Crippen molar-refractivity contribution < 1.29 is 98.4 Å². The highest BCUT2D eigenvalue weighted by Crippen LogP contribution is 2.40. The number of benzene rings is 4. The van der Waals surface area contributed by atoms with Crippen molar-refractivity contribution in [2.75, 3.05) is 173 Å². The molecule has 11 N–H and O–H groups in total. The second-order valence-electron chi connectivity index (χ2n) is 29.3. The predicted octanol–water partition coefficient (Wildman–Crippen LogP) is 5.28. The normalized spacial score (nSPS) is 15.8. The summed E-state index contributed by atoms with van der Waals surface area (Å²) in [5.41, 5.74) is 15.2. The minimum Gasteiger partial charge on any atom is -0.480 e. The zero-order chi connectivity index (χ0) is 88.2. The number of para-hydroxylation sites is 2. The van der Waals surface area contributed by atoms with Crippen LogP contribution in [0, 0.1) is 11.8 Å². The topological polar surface area (TPSA) is 513 Å². The minimum absolute atomic E-state index is 0. The molecule has 4 aliphatic rings. The van der Waals surface area contributed by atoms with Gasteiger partial charge in [0.1, 0.15) is 23.5 Å². The van der Waals surface area contributed by atoms with E-state index in [-0.39, 0.29) is 221 Å². The van der Waals surface area contributed by atoms with Crippen LogP contribution in [0.4, 0.5) is 11.4 Å². The first kappa shape index (κ1) is 101. The van der Waals surface area contributed by atoms with Gasteiger partial charge >= 0.3 is 47.8 Å². The number of aromatic amines is 1. The molecular weight excluding hydrogens is 1580 g/mol. The number of anilines is 2. The van der Waals surface area contributed by atoms with Gasteiger partial charge in [0.05, 0.1) is 63.7 Å². The largest absolute Gasteiger partial charge is 0.480 e. The number of hydrogen-bond donors (Lipinski definition) is 11. The highest BCUT2D eigenvalue weighted by molar-refractivity contribution is 6.00. The van der Waals surface area contributed by atoms with Gasteiger partial charge in [0, 0.05) is 177 Å². The van der Waals surface area contributed by atoms with Crippen molar-refractivity contribution in [3.8, 4) is 34.4 Å². The van der Waals surface area contributed by atoms with Crippen LogP contribution in [-0.2, 0) is 70.6 Å². The molecule has 2 unspecified atom stereocenters. The molecule has 2 fully saturated rings. The van der Waals surface area contributed by atoms with Crippen LogP contribution in [0.5, 0.6) is 0 Å². The third kappa shape index (κ3) is 35.5. The van der Waals surface area contributed by atoms with Crippen LogP contribution in [0.2, 0.25) is 0 Å². The van der Waals surface area contributed by atoms with Crippen LogP contribution in [0.25, 0.3) is 33.0 Å². The first-order chi connectivity index (χ1) is 58.1. The predicted molar refractivity (Wildman–Crippen MR) is 454 cm³/mol. The van der Waals surface area contributed by atoms with E-state index >= 15 is 0 Å². The van der Waals surface area contributed by atoms with Gasteiger partial charge in [-0.3, -0.25) is 96.7 Å². The first-order valence-corrected chi connectivity index (χ1v) is 40.6. The number of carbonyl (C=O) groups is 12. The molecule has 122 heavy (non-hydrogen) atoms. The van der Waals surface area contributed by atoms with Crippen LogP contribution in [0.3, 0.4) is 0 Å². The number of carbonyl (C=O) groups excluding carboxylic acids is 4. The molecule has 4 amide bonds. The quantitative estimate of drug-likeness (QED) is 0.00836. The van der Waals surface area contributed by atoms with Gasteiger partial charge in [-0.25, -0.2) is 0 Å². The standard InChI is InChI=1S/C37H47N9O10.C37H46N6O10.C5H12.C4H9N3.CH4/c47-30(38-12-11-31(48)46-21-25-5-1-2-6-26(25)35-36(40-41-39-35)27-7-3-4-8-28(27)46)10-9-29(37(55)56)45-19-17-43(23-33(51)52)15-13-42(22-32(49)50)14-16-44(18-20-45)24-34(53)54;44-32(38-14-13-33(45)43-23-29-7-2-1-5-27(29)9-10-28-6-3-4-8-30(28)43)12-11-31(37(52)53)42-21-19-40(25-35(48)49)17-15-39(24-34(46)47)16-18-41(20-22-42)26-36(50)51;1-3-5-4-2;1-2-3-4-6-7-5;/h1-8,29H,9-24H2,(H,38,47)(H,49,50)(H,51,52)(H,53,54)(H,55,56)(H,39,40,41);1-8,31H,11-26H2,(H,38,44)(H,46,47)(H,48,49)(H,50,51)(H,52,53);3-5H2,1-2H3;2-4H2,1H3;1H4. The molecule has 4 aromatic carbocycles. The number of carboxylic acids is 8. The van der Waals surface area contributed by atoms with Crippen molar-refractivity contribution >= 4 is 82.8 Å². The van der Waals surface area contributed by atoms with Crippen LogP contribution >= 0.6 is 0 Å². The summed E-state index contributed by atoms with van der Waals surface area (Å²) in [7, 11) is 0. The van der Waals surface area contributed by atoms with Crippen molar-refractivity contribution in [1.29, 1.82) is 0 Å². The Bertz CT molecular complexity index is 4310. The molecule has 0 aliphatic carbocycles. The molecule has 2 atom stereocenters. The maximum atomic E-state index is 13.8. The van der Waals surface area contributed by atoms with Gasteiger partial charge in [0.25, 0.3) is 0 Å². The molecule has 0 saturated carbocycles. The molecule has 38 heteroatoms. The van der Waals surface area contributed by atoms with E-state index in [4.69, 9.17) is 5.53 Å². The molecule has 0 bridgehead atoms. The molecule has 0 spiro atoms. The molecule has 0 radical (unpaired) electrons. The van der Waals surface area contributed by atoms with E-state index in [9.17, 15) is 98.4 Å². The summed E-state index contributed by atoms with van der Waals surface area (Å²) in [6.07, 6.45) is 5.59. The van der Waals surface area contributed by atoms with Gasteiger partial charge in [-0.1, -0.05) is 144 Å². The van der Waals surface area contributed by atoms with Crippen molar-refractivity contribution in [3.63, 3.8) is 0 Å². The van der Waals surface area contributed by atoms with Gasteiger partial charge in [-0.15, -0.1) is 0 Å².